The van der Waals surface area contributed by atoms with Gasteiger partial charge >= 0.3 is 0 Å². The highest BCUT2D eigenvalue weighted by atomic mass is 32.1. The average molecular weight is 589 g/mol. The normalized spacial score (nSPS) is 20.7. The number of nitrogens with one attached hydrogen (secondary N) is 1. The molecule has 0 amide bonds. The molecule has 0 bridgehead atoms. The SMILES string of the molecule is C.CCCCN1CCC(O)C1.COC1CCC(Oc2cc(F)ccc2Nc2ncnc3sc(C(C)=O)c(C)c23)CC1. The molecule has 1 atom stereocenters. The Bertz CT molecular complexity index is 1280. The van der Waals surface area contributed by atoms with Crippen LogP contribution in [0.5, 0.6) is 5.75 Å². The number of anilines is 2. The number of halogens is 1. The van der Waals surface area contributed by atoms with Gasteiger partial charge in [0.25, 0.3) is 0 Å². The number of rotatable bonds is 9. The topological polar surface area (TPSA) is 96.8 Å². The third-order valence-electron chi connectivity index (χ3n) is 7.57. The van der Waals surface area contributed by atoms with Gasteiger partial charge in [-0.1, -0.05) is 20.8 Å². The highest BCUT2D eigenvalue weighted by Crippen LogP contribution is 2.37. The maximum absolute atomic E-state index is 14.0. The standard InChI is InChI=1S/C22H24FN3O3S.C8H17NO.CH4/c1-12-19-21(24-11-25-22(19)30-20(12)13(2)27)26-17-9-4-14(23)10-18(17)29-16-7-5-15(28-3)6-8-16;1-2-3-5-9-6-4-8(10)7-9;/h4,9-11,15-16H,5-8H2,1-3H3,(H,24,25,26);8,10H,2-7H2,1H3;1H4. The van der Waals surface area contributed by atoms with Crippen LogP contribution in [0.1, 0.15) is 81.5 Å². The minimum Gasteiger partial charge on any atom is -0.488 e. The van der Waals surface area contributed by atoms with Crippen molar-refractivity contribution >= 4 is 38.8 Å². The molecule has 226 valence electrons. The maximum atomic E-state index is 14.0. The third-order valence-corrected chi connectivity index (χ3v) is 8.87. The first-order valence-electron chi connectivity index (χ1n) is 14.2. The van der Waals surface area contributed by atoms with Crippen molar-refractivity contribution in [3.8, 4) is 5.75 Å². The van der Waals surface area contributed by atoms with Crippen LogP contribution in [-0.4, -0.2) is 70.8 Å². The first kappa shape index (κ1) is 32.8. The van der Waals surface area contributed by atoms with Gasteiger partial charge in [0, 0.05) is 26.3 Å². The molecule has 8 nitrogen and oxygen atoms in total. The number of ketones is 1. The van der Waals surface area contributed by atoms with Crippen molar-refractivity contribution in [2.45, 2.75) is 91.5 Å². The van der Waals surface area contributed by atoms with E-state index in [4.69, 9.17) is 14.6 Å². The number of aryl methyl sites for hydroxylation is 1. The van der Waals surface area contributed by atoms with Crippen LogP contribution in [0, 0.1) is 12.7 Å². The molecule has 1 saturated heterocycles. The summed E-state index contributed by atoms with van der Waals surface area (Å²) in [6.45, 7) is 8.81. The average Bonchev–Trinajstić information content (AvgIpc) is 3.52. The van der Waals surface area contributed by atoms with Crippen LogP contribution in [0.25, 0.3) is 10.2 Å². The monoisotopic (exact) mass is 588 g/mol. The van der Waals surface area contributed by atoms with Gasteiger partial charge in [-0.2, -0.15) is 0 Å². The lowest BCUT2D eigenvalue weighted by molar-refractivity contribution is 0.0329. The Kier molecular flexibility index (Phi) is 12.4. The van der Waals surface area contributed by atoms with E-state index in [2.05, 4.69) is 27.1 Å². The molecule has 1 aromatic carbocycles. The van der Waals surface area contributed by atoms with Crippen LogP contribution in [-0.2, 0) is 4.74 Å². The van der Waals surface area contributed by atoms with Crippen molar-refractivity contribution in [3.63, 3.8) is 0 Å². The molecule has 3 aromatic rings. The highest BCUT2D eigenvalue weighted by Gasteiger charge is 2.24. The zero-order valence-corrected chi connectivity index (χ0v) is 24.7. The third kappa shape index (κ3) is 8.67. The van der Waals surface area contributed by atoms with Gasteiger partial charge < -0.3 is 24.8 Å². The molecule has 5 rings (SSSR count). The molecule has 0 spiro atoms. The molecule has 1 saturated carbocycles. The molecule has 3 heterocycles. The Labute approximate surface area is 247 Å². The fourth-order valence-electron chi connectivity index (χ4n) is 5.29. The summed E-state index contributed by atoms with van der Waals surface area (Å²) < 4.78 is 25.6. The number of thiophene rings is 1. The number of hydrogen-bond acceptors (Lipinski definition) is 9. The second-order valence-electron chi connectivity index (χ2n) is 10.6. The van der Waals surface area contributed by atoms with Gasteiger partial charge in [-0.25, -0.2) is 14.4 Å². The van der Waals surface area contributed by atoms with Crippen LogP contribution in [0.2, 0.25) is 0 Å². The van der Waals surface area contributed by atoms with Gasteiger partial charge in [-0.15, -0.1) is 11.3 Å². The number of carbonyl (C=O) groups is 1. The number of likely N-dealkylation sites (tertiary alicyclic amines) is 1. The minimum atomic E-state index is -0.362. The summed E-state index contributed by atoms with van der Waals surface area (Å²) in [7, 11) is 1.73. The first-order valence-corrected chi connectivity index (χ1v) is 15.0. The second-order valence-corrected chi connectivity index (χ2v) is 11.6. The van der Waals surface area contributed by atoms with Gasteiger partial charge in [-0.3, -0.25) is 4.79 Å². The maximum Gasteiger partial charge on any atom is 0.170 e. The van der Waals surface area contributed by atoms with Crippen molar-refractivity contribution in [2.24, 2.45) is 0 Å². The number of nitrogens with zero attached hydrogens (tertiary/aromatic N) is 3. The number of fused-ring (bicyclic) bond motifs is 1. The van der Waals surface area contributed by atoms with Crippen molar-refractivity contribution in [1.82, 2.24) is 14.9 Å². The van der Waals surface area contributed by atoms with E-state index in [9.17, 15) is 9.18 Å². The molecule has 0 radical (unpaired) electrons. The minimum absolute atomic E-state index is 0. The number of benzene rings is 1. The van der Waals surface area contributed by atoms with E-state index >= 15 is 0 Å². The summed E-state index contributed by atoms with van der Waals surface area (Å²) in [5.41, 5.74) is 1.47. The van der Waals surface area contributed by atoms with Crippen LogP contribution in [0.3, 0.4) is 0 Å². The van der Waals surface area contributed by atoms with E-state index in [-0.39, 0.29) is 37.3 Å². The number of methoxy groups -OCH3 is 1. The largest absolute Gasteiger partial charge is 0.488 e. The first-order chi connectivity index (χ1) is 19.3. The molecule has 2 N–H and O–H groups in total. The number of β-amino-alcohol motifs (C(OH)–C–C–N with tert-alkyl or cyclic N) is 1. The van der Waals surface area contributed by atoms with Gasteiger partial charge in [0.2, 0.25) is 0 Å². The Morgan fingerprint density at radius 1 is 1.20 bits per heavy atom. The molecule has 41 heavy (non-hydrogen) atoms. The number of aromatic nitrogens is 2. The van der Waals surface area contributed by atoms with Crippen LogP contribution in [0.15, 0.2) is 24.5 Å². The van der Waals surface area contributed by atoms with Crippen LogP contribution < -0.4 is 10.1 Å². The molecule has 2 aliphatic rings. The quantitative estimate of drug-likeness (QED) is 0.260. The van der Waals surface area contributed by atoms with E-state index in [1.54, 1.807) is 20.1 Å². The van der Waals surface area contributed by atoms with Gasteiger partial charge in [-0.05, 0) is 76.6 Å². The predicted molar refractivity (Wildman–Crippen MR) is 164 cm³/mol. The molecule has 10 heteroatoms. The van der Waals surface area contributed by atoms with E-state index in [0.29, 0.717) is 22.1 Å². The zero-order chi connectivity index (χ0) is 28.6. The molecular formula is C31H45FN4O4S. The molecular weight excluding hydrogens is 543 g/mol. The lowest BCUT2D eigenvalue weighted by atomic mass is 9.95. The van der Waals surface area contributed by atoms with Gasteiger partial charge in [0.15, 0.2) is 5.78 Å². The Morgan fingerprint density at radius 2 is 1.93 bits per heavy atom. The number of carbonyl (C=O) groups excluding carboxylic acids is 1. The van der Waals surface area contributed by atoms with Crippen molar-refractivity contribution < 1.29 is 23.8 Å². The molecule has 1 aliphatic carbocycles. The summed E-state index contributed by atoms with van der Waals surface area (Å²) in [6.07, 6.45) is 8.76. The lowest BCUT2D eigenvalue weighted by Crippen LogP contribution is -2.27. The number of Topliss-reactive ketones (excluding diaryl/α,β-unsaturated/α-hetero) is 1. The Morgan fingerprint density at radius 3 is 2.56 bits per heavy atom. The smallest absolute Gasteiger partial charge is 0.170 e. The predicted octanol–water partition coefficient (Wildman–Crippen LogP) is 6.91. The molecule has 2 fully saturated rings. The van der Waals surface area contributed by atoms with Crippen molar-refractivity contribution in [3.05, 3.63) is 40.8 Å². The summed E-state index contributed by atoms with van der Waals surface area (Å²) >= 11 is 1.35. The number of hydrogen-bond donors (Lipinski definition) is 2. The van der Waals surface area contributed by atoms with E-state index < -0.39 is 0 Å². The van der Waals surface area contributed by atoms with E-state index in [0.717, 1.165) is 61.0 Å². The fraction of sp³-hybridized carbons (Fsp3) is 0.581. The second kappa shape index (κ2) is 15.5. The number of aliphatic hydroxyl groups excluding tert-OH is 1. The summed E-state index contributed by atoms with van der Waals surface area (Å²) in [4.78, 5) is 24.4. The summed E-state index contributed by atoms with van der Waals surface area (Å²) in [5, 5.41) is 13.2. The van der Waals surface area contributed by atoms with Crippen LogP contribution in [0.4, 0.5) is 15.9 Å². The van der Waals surface area contributed by atoms with E-state index in [1.807, 2.05) is 6.92 Å². The number of aliphatic hydroxyl groups is 1. The summed E-state index contributed by atoms with van der Waals surface area (Å²) in [6, 6.07) is 4.43. The molecule has 1 unspecified atom stereocenters. The van der Waals surface area contributed by atoms with Gasteiger partial charge in [0.1, 0.15) is 28.5 Å². The van der Waals surface area contributed by atoms with Crippen molar-refractivity contribution in [1.29, 1.82) is 0 Å². The zero-order valence-electron chi connectivity index (χ0n) is 23.9. The fourth-order valence-corrected chi connectivity index (χ4v) is 6.33. The lowest BCUT2D eigenvalue weighted by Gasteiger charge is -2.28. The highest BCUT2D eigenvalue weighted by molar-refractivity contribution is 7.20. The molecule has 1 aliphatic heterocycles. The Balaban J connectivity index is 0.000000357. The van der Waals surface area contributed by atoms with Crippen molar-refractivity contribution in [2.75, 3.05) is 32.1 Å². The van der Waals surface area contributed by atoms with Gasteiger partial charge in [0.05, 0.1) is 34.3 Å². The Hall–Kier alpha value is -2.66. The molecule has 2 aromatic heterocycles. The number of ether oxygens (including phenoxy) is 2. The summed E-state index contributed by atoms with van der Waals surface area (Å²) in [5.74, 6) is 0.654. The van der Waals surface area contributed by atoms with E-state index in [1.165, 1.54) is 49.2 Å². The van der Waals surface area contributed by atoms with Crippen LogP contribution >= 0.6 is 11.3 Å². The number of unbranched alkanes of at least 4 members (excludes halogenated alkanes) is 1.